The molecular weight excluding hydrogens is 447 g/mol. The van der Waals surface area contributed by atoms with Gasteiger partial charge >= 0.3 is 212 Å². The van der Waals surface area contributed by atoms with Gasteiger partial charge in [0.25, 0.3) is 0 Å². The molecule has 2 rings (SSSR count). The number of rotatable bonds is 13. The third-order valence-corrected chi connectivity index (χ3v) is 6.99. The number of unbranched alkanes of at least 4 members (excludes halogenated alkanes) is 2. The summed E-state index contributed by atoms with van der Waals surface area (Å²) in [5, 5.41) is 0. The van der Waals surface area contributed by atoms with Gasteiger partial charge < -0.3 is 0 Å². The number of aliphatic imine (C=N–C) groups is 1. The van der Waals surface area contributed by atoms with E-state index in [9.17, 15) is 0 Å². The topological polar surface area (TPSA) is 15.4 Å². The fourth-order valence-electron chi connectivity index (χ4n) is 4.36. The van der Waals surface area contributed by atoms with E-state index in [2.05, 4.69) is 77.9 Å². The van der Waals surface area contributed by atoms with Gasteiger partial charge in [0.2, 0.25) is 0 Å². The Morgan fingerprint density at radius 2 is 1.24 bits per heavy atom. The molecule has 3 heteroatoms. The van der Waals surface area contributed by atoms with Gasteiger partial charge in [-0.15, -0.1) is 0 Å². The first-order valence-corrected chi connectivity index (χ1v) is 13.6. The Morgan fingerprint density at radius 1 is 0.697 bits per heavy atom. The second kappa shape index (κ2) is 14.5. The Hall–Kier alpha value is -1.73. The molecule has 0 aliphatic heterocycles. The van der Waals surface area contributed by atoms with Crippen LogP contribution in [0.3, 0.4) is 0 Å². The molecule has 0 saturated carbocycles. The predicted octanol–water partition coefficient (Wildman–Crippen LogP) is 8.64. The van der Waals surface area contributed by atoms with E-state index >= 15 is 0 Å². The van der Waals surface area contributed by atoms with Crippen molar-refractivity contribution in [1.29, 1.82) is 0 Å². The van der Waals surface area contributed by atoms with Gasteiger partial charge in [0, 0.05) is 0 Å². The van der Waals surface area contributed by atoms with E-state index in [4.69, 9.17) is 20.7 Å². The van der Waals surface area contributed by atoms with Crippen molar-refractivity contribution in [2.24, 2.45) is 4.99 Å². The van der Waals surface area contributed by atoms with E-state index in [1.165, 1.54) is 33.7 Å². The van der Waals surface area contributed by atoms with Crippen molar-refractivity contribution < 1.29 is 19.3 Å². The molecule has 2 aromatic carbocycles. The zero-order valence-electron chi connectivity index (χ0n) is 21.7. The van der Waals surface area contributed by atoms with E-state index in [-0.39, 0.29) is 0 Å². The SMILES string of the molecule is CCCCC(=Nc1ccc(CC)c(CC)c1)C(CCCC)=[N+]([Ni])c1ccc(CC)c(CC)c1. The van der Waals surface area contributed by atoms with Crippen LogP contribution in [0.15, 0.2) is 41.4 Å². The van der Waals surface area contributed by atoms with Crippen molar-refractivity contribution in [3.8, 4) is 0 Å². The van der Waals surface area contributed by atoms with Crippen LogP contribution >= 0.6 is 0 Å². The molecule has 0 amide bonds. The van der Waals surface area contributed by atoms with Gasteiger partial charge in [-0.2, -0.15) is 0 Å². The second-order valence-electron chi connectivity index (χ2n) is 8.79. The van der Waals surface area contributed by atoms with E-state index in [0.29, 0.717) is 0 Å². The summed E-state index contributed by atoms with van der Waals surface area (Å²) in [6.07, 6.45) is 10.7. The van der Waals surface area contributed by atoms with Crippen molar-refractivity contribution >= 4 is 22.8 Å². The Kier molecular flexibility index (Phi) is 12.1. The van der Waals surface area contributed by atoms with Crippen LogP contribution in [0, 0.1) is 0 Å². The van der Waals surface area contributed by atoms with Crippen LogP contribution in [0.4, 0.5) is 11.4 Å². The van der Waals surface area contributed by atoms with E-state index in [0.717, 1.165) is 75.6 Å². The number of hydrogen-bond acceptors (Lipinski definition) is 1. The summed E-state index contributed by atoms with van der Waals surface area (Å²) in [6, 6.07) is 13.5. The van der Waals surface area contributed by atoms with Gasteiger partial charge in [-0.3, -0.25) is 0 Å². The van der Waals surface area contributed by atoms with Crippen LogP contribution in [0.1, 0.15) is 102 Å². The molecule has 0 fully saturated rings. The first-order chi connectivity index (χ1) is 16.0. The molecule has 2 nitrogen and oxygen atoms in total. The van der Waals surface area contributed by atoms with Crippen molar-refractivity contribution in [3.05, 3.63) is 58.7 Å². The minimum absolute atomic E-state index is 0.972. The average molecular weight is 491 g/mol. The summed E-state index contributed by atoms with van der Waals surface area (Å²) in [5.41, 5.74) is 10.2. The first-order valence-electron chi connectivity index (χ1n) is 13.1. The normalized spacial score (nSPS) is 12.8. The molecule has 0 spiro atoms. The van der Waals surface area contributed by atoms with Gasteiger partial charge in [-0.05, 0) is 0 Å². The van der Waals surface area contributed by atoms with Crippen molar-refractivity contribution in [2.45, 2.75) is 106 Å². The average Bonchev–Trinajstić information content (AvgIpc) is 2.86. The summed E-state index contributed by atoms with van der Waals surface area (Å²) < 4.78 is 2.05. The van der Waals surface area contributed by atoms with E-state index < -0.39 is 0 Å². The Balaban J connectivity index is 2.63. The molecule has 183 valence electrons. The number of nitrogens with zero attached hydrogens (tertiary/aromatic N) is 2. The third-order valence-electron chi connectivity index (χ3n) is 6.47. The molecule has 0 unspecified atom stereocenters. The fourth-order valence-corrected chi connectivity index (χ4v) is 4.74. The summed E-state index contributed by atoms with van der Waals surface area (Å²) in [6.45, 7) is 13.4. The molecule has 0 bridgehead atoms. The molecule has 2 aromatic rings. The third kappa shape index (κ3) is 7.64. The molecule has 0 N–H and O–H groups in total. The molecule has 0 aliphatic carbocycles. The van der Waals surface area contributed by atoms with Crippen molar-refractivity contribution in [3.63, 3.8) is 0 Å². The number of hydrogen-bond donors (Lipinski definition) is 0. The predicted molar refractivity (Wildman–Crippen MR) is 141 cm³/mol. The minimum atomic E-state index is 0.972. The molecule has 0 aliphatic rings. The van der Waals surface area contributed by atoms with Gasteiger partial charge in [-0.25, -0.2) is 0 Å². The van der Waals surface area contributed by atoms with Crippen LogP contribution in [0.25, 0.3) is 0 Å². The molecule has 0 aromatic heterocycles. The molecule has 0 heterocycles. The first kappa shape index (κ1) is 27.5. The summed E-state index contributed by atoms with van der Waals surface area (Å²) >= 11 is 5.69. The van der Waals surface area contributed by atoms with Crippen LogP contribution in [0.5, 0.6) is 0 Å². The summed E-state index contributed by atoms with van der Waals surface area (Å²) in [4.78, 5) is 5.23. The zero-order valence-corrected chi connectivity index (χ0v) is 22.7. The molecule has 0 radical (unpaired) electrons. The standard InChI is InChI=1S/C30H44N2.Ni/c1-7-13-15-29(31-27-19-17-23(9-3)25(11-5)21-27)30(16-14-8-2)32-28-20-18-24(10-4)26(12-6)22-28;/h17-22H,7-16H2,1-6H3;/q;+1. The molecule has 0 saturated heterocycles. The van der Waals surface area contributed by atoms with Gasteiger partial charge in [0.15, 0.2) is 0 Å². The molecule has 33 heavy (non-hydrogen) atoms. The van der Waals surface area contributed by atoms with Crippen molar-refractivity contribution in [1.82, 2.24) is 0 Å². The van der Waals surface area contributed by atoms with Crippen LogP contribution in [-0.4, -0.2) is 15.1 Å². The van der Waals surface area contributed by atoms with Crippen molar-refractivity contribution in [2.75, 3.05) is 0 Å². The van der Waals surface area contributed by atoms with Crippen LogP contribution in [-0.2, 0) is 41.4 Å². The summed E-state index contributed by atoms with van der Waals surface area (Å²) in [7, 11) is 0. The molecule has 0 atom stereocenters. The fraction of sp³-hybridized carbons (Fsp3) is 0.533. The van der Waals surface area contributed by atoms with Gasteiger partial charge in [0.1, 0.15) is 0 Å². The summed E-state index contributed by atoms with van der Waals surface area (Å²) in [5.74, 6) is 0. The molecular formula is C30H44N2Ni+. The number of benzene rings is 2. The zero-order chi connectivity index (χ0) is 24.2. The second-order valence-corrected chi connectivity index (χ2v) is 9.23. The quantitative estimate of drug-likeness (QED) is 0.197. The van der Waals surface area contributed by atoms with E-state index in [1.54, 1.807) is 0 Å². The van der Waals surface area contributed by atoms with Crippen LogP contribution in [0.2, 0.25) is 0 Å². The number of aryl methyl sites for hydroxylation is 4. The Bertz CT molecular complexity index is 956. The monoisotopic (exact) mass is 490 g/mol. The van der Waals surface area contributed by atoms with Gasteiger partial charge in [0.05, 0.1) is 0 Å². The maximum absolute atomic E-state index is 5.69. The van der Waals surface area contributed by atoms with E-state index in [1.807, 2.05) is 3.66 Å². The van der Waals surface area contributed by atoms with Crippen LogP contribution < -0.4 is 0 Å². The van der Waals surface area contributed by atoms with Gasteiger partial charge in [-0.1, -0.05) is 0 Å². The Morgan fingerprint density at radius 3 is 1.82 bits per heavy atom. The Labute approximate surface area is 211 Å². The maximum atomic E-state index is 5.69.